The van der Waals surface area contributed by atoms with Gasteiger partial charge in [-0.3, -0.25) is 4.90 Å². The molecule has 0 aromatic heterocycles. The van der Waals surface area contributed by atoms with Crippen LogP contribution in [0.4, 0.5) is 0 Å². The lowest BCUT2D eigenvalue weighted by Gasteiger charge is -2.32. The van der Waals surface area contributed by atoms with Crippen molar-refractivity contribution in [2.45, 2.75) is 38.3 Å². The van der Waals surface area contributed by atoms with Crippen molar-refractivity contribution >= 4 is 0 Å². The van der Waals surface area contributed by atoms with Crippen LogP contribution in [0.3, 0.4) is 0 Å². The van der Waals surface area contributed by atoms with Crippen molar-refractivity contribution in [3.05, 3.63) is 0 Å². The van der Waals surface area contributed by atoms with E-state index in [0.29, 0.717) is 12.1 Å². The fraction of sp³-hybridized carbons (Fsp3) is 1.00. The molecule has 108 valence electrons. The Morgan fingerprint density at radius 2 is 2.06 bits per heavy atom. The van der Waals surface area contributed by atoms with E-state index in [1.165, 1.54) is 19.3 Å². The summed E-state index contributed by atoms with van der Waals surface area (Å²) < 4.78 is 10.5. The lowest BCUT2D eigenvalue weighted by Crippen LogP contribution is -2.44. The van der Waals surface area contributed by atoms with Gasteiger partial charge in [0.2, 0.25) is 0 Å². The Morgan fingerprint density at radius 3 is 2.67 bits per heavy atom. The molecule has 0 aromatic carbocycles. The lowest BCUT2D eigenvalue weighted by molar-refractivity contribution is 0.0628. The minimum atomic E-state index is 0.461. The SMILES string of the molecule is CNC1CCCC1CN(CCOC)C(C)COC. The predicted molar refractivity (Wildman–Crippen MR) is 75.0 cm³/mol. The highest BCUT2D eigenvalue weighted by Gasteiger charge is 2.28. The molecule has 3 unspecified atom stereocenters. The number of rotatable bonds is 9. The van der Waals surface area contributed by atoms with Crippen LogP contribution in [0, 0.1) is 5.92 Å². The van der Waals surface area contributed by atoms with Crippen LogP contribution in [0.1, 0.15) is 26.2 Å². The number of ether oxygens (including phenoxy) is 2. The summed E-state index contributed by atoms with van der Waals surface area (Å²) in [5.74, 6) is 0.770. The van der Waals surface area contributed by atoms with Crippen molar-refractivity contribution in [2.75, 3.05) is 47.6 Å². The maximum absolute atomic E-state index is 5.28. The third-order valence-electron chi connectivity index (χ3n) is 4.11. The average Bonchev–Trinajstić information content (AvgIpc) is 2.81. The molecule has 4 heteroatoms. The monoisotopic (exact) mass is 258 g/mol. The van der Waals surface area contributed by atoms with Gasteiger partial charge < -0.3 is 14.8 Å². The third kappa shape index (κ3) is 4.84. The zero-order valence-electron chi connectivity index (χ0n) is 12.4. The highest BCUT2D eigenvalue weighted by atomic mass is 16.5. The smallest absolute Gasteiger partial charge is 0.0615 e. The minimum Gasteiger partial charge on any atom is -0.383 e. The fourth-order valence-electron chi connectivity index (χ4n) is 2.98. The van der Waals surface area contributed by atoms with Gasteiger partial charge >= 0.3 is 0 Å². The first-order valence-corrected chi connectivity index (χ1v) is 7.12. The first-order valence-electron chi connectivity index (χ1n) is 7.12. The first-order chi connectivity index (χ1) is 8.72. The summed E-state index contributed by atoms with van der Waals surface area (Å²) in [6.45, 7) is 5.97. The van der Waals surface area contributed by atoms with E-state index in [9.17, 15) is 0 Å². The number of nitrogens with one attached hydrogen (secondary N) is 1. The summed E-state index contributed by atoms with van der Waals surface area (Å²) in [5.41, 5.74) is 0. The van der Waals surface area contributed by atoms with Gasteiger partial charge in [-0.15, -0.1) is 0 Å². The summed E-state index contributed by atoms with van der Waals surface area (Å²) in [5, 5.41) is 3.46. The van der Waals surface area contributed by atoms with E-state index in [0.717, 1.165) is 32.2 Å². The van der Waals surface area contributed by atoms with Crippen molar-refractivity contribution in [3.63, 3.8) is 0 Å². The van der Waals surface area contributed by atoms with Crippen molar-refractivity contribution in [1.82, 2.24) is 10.2 Å². The molecule has 1 N–H and O–H groups in total. The predicted octanol–water partition coefficient (Wildman–Crippen LogP) is 1.36. The molecule has 0 bridgehead atoms. The van der Waals surface area contributed by atoms with Crippen LogP contribution >= 0.6 is 0 Å². The zero-order chi connectivity index (χ0) is 13.4. The lowest BCUT2D eigenvalue weighted by atomic mass is 10.0. The van der Waals surface area contributed by atoms with E-state index < -0.39 is 0 Å². The van der Waals surface area contributed by atoms with E-state index in [4.69, 9.17) is 9.47 Å². The zero-order valence-corrected chi connectivity index (χ0v) is 12.4. The molecular weight excluding hydrogens is 228 g/mol. The van der Waals surface area contributed by atoms with E-state index in [1.54, 1.807) is 14.2 Å². The van der Waals surface area contributed by atoms with Crippen LogP contribution in [0.25, 0.3) is 0 Å². The Hall–Kier alpha value is -0.160. The average molecular weight is 258 g/mol. The van der Waals surface area contributed by atoms with Crippen molar-refractivity contribution in [2.24, 2.45) is 5.92 Å². The molecule has 0 saturated heterocycles. The highest BCUT2D eigenvalue weighted by molar-refractivity contribution is 4.85. The van der Waals surface area contributed by atoms with Crippen LogP contribution in [-0.2, 0) is 9.47 Å². The topological polar surface area (TPSA) is 33.7 Å². The number of methoxy groups -OCH3 is 2. The molecule has 1 fully saturated rings. The second-order valence-electron chi connectivity index (χ2n) is 5.38. The minimum absolute atomic E-state index is 0.461. The first kappa shape index (κ1) is 15.9. The molecule has 0 aliphatic heterocycles. The van der Waals surface area contributed by atoms with Gasteiger partial charge in [-0.1, -0.05) is 6.42 Å². The van der Waals surface area contributed by atoms with Gasteiger partial charge in [0, 0.05) is 39.4 Å². The molecule has 4 nitrogen and oxygen atoms in total. The Kier molecular flexibility index (Phi) is 7.82. The summed E-state index contributed by atoms with van der Waals surface area (Å²) in [6.07, 6.45) is 4.01. The van der Waals surface area contributed by atoms with E-state index >= 15 is 0 Å². The molecule has 3 atom stereocenters. The van der Waals surface area contributed by atoms with E-state index in [1.807, 2.05) is 0 Å². The molecule has 18 heavy (non-hydrogen) atoms. The van der Waals surface area contributed by atoms with E-state index in [2.05, 4.69) is 24.2 Å². The van der Waals surface area contributed by atoms with Crippen LogP contribution in [0.2, 0.25) is 0 Å². The summed E-state index contributed by atoms with van der Waals surface area (Å²) in [7, 11) is 5.63. The molecular formula is C14H30N2O2. The molecule has 0 radical (unpaired) electrons. The normalized spacial score (nSPS) is 25.8. The van der Waals surface area contributed by atoms with Gasteiger partial charge in [-0.2, -0.15) is 0 Å². The standard InChI is InChI=1S/C14H30N2O2/c1-12(11-18-4)16(8-9-17-3)10-13-6-5-7-14(13)15-2/h12-15H,5-11H2,1-4H3. The van der Waals surface area contributed by atoms with Crippen molar-refractivity contribution in [3.8, 4) is 0 Å². The van der Waals surface area contributed by atoms with Crippen LogP contribution in [0.5, 0.6) is 0 Å². The van der Waals surface area contributed by atoms with Gasteiger partial charge in [-0.25, -0.2) is 0 Å². The maximum Gasteiger partial charge on any atom is 0.0615 e. The van der Waals surface area contributed by atoms with Gasteiger partial charge in [0.05, 0.1) is 13.2 Å². The molecule has 1 aliphatic carbocycles. The summed E-state index contributed by atoms with van der Waals surface area (Å²) in [6, 6.07) is 1.15. The van der Waals surface area contributed by atoms with Crippen LogP contribution < -0.4 is 5.32 Å². The second kappa shape index (κ2) is 8.86. The van der Waals surface area contributed by atoms with E-state index in [-0.39, 0.29) is 0 Å². The van der Waals surface area contributed by atoms with Gasteiger partial charge in [-0.05, 0) is 32.7 Å². The van der Waals surface area contributed by atoms with Crippen LogP contribution in [0.15, 0.2) is 0 Å². The molecule has 0 amide bonds. The van der Waals surface area contributed by atoms with Crippen LogP contribution in [-0.4, -0.2) is 64.6 Å². The van der Waals surface area contributed by atoms with Gasteiger partial charge in [0.15, 0.2) is 0 Å². The number of hydrogen-bond acceptors (Lipinski definition) is 4. The van der Waals surface area contributed by atoms with Gasteiger partial charge in [0.25, 0.3) is 0 Å². The molecule has 1 rings (SSSR count). The Bertz CT molecular complexity index is 214. The fourth-order valence-corrected chi connectivity index (χ4v) is 2.98. The maximum atomic E-state index is 5.28. The largest absolute Gasteiger partial charge is 0.383 e. The quantitative estimate of drug-likeness (QED) is 0.677. The Morgan fingerprint density at radius 1 is 1.28 bits per heavy atom. The van der Waals surface area contributed by atoms with Crippen molar-refractivity contribution in [1.29, 1.82) is 0 Å². The highest BCUT2D eigenvalue weighted by Crippen LogP contribution is 2.26. The molecule has 1 aliphatic rings. The molecule has 0 spiro atoms. The summed E-state index contributed by atoms with van der Waals surface area (Å²) >= 11 is 0. The summed E-state index contributed by atoms with van der Waals surface area (Å²) in [4.78, 5) is 2.51. The second-order valence-corrected chi connectivity index (χ2v) is 5.38. The third-order valence-corrected chi connectivity index (χ3v) is 4.11. The Balaban J connectivity index is 2.48. The Labute approximate surface area is 112 Å². The van der Waals surface area contributed by atoms with Crippen molar-refractivity contribution < 1.29 is 9.47 Å². The number of hydrogen-bond donors (Lipinski definition) is 1. The number of nitrogens with zero attached hydrogens (tertiary/aromatic N) is 1. The molecule has 0 aromatic rings. The molecule has 1 saturated carbocycles. The van der Waals surface area contributed by atoms with Gasteiger partial charge in [0.1, 0.15) is 0 Å². The molecule has 0 heterocycles.